The predicted molar refractivity (Wildman–Crippen MR) is 173 cm³/mol. The van der Waals surface area contributed by atoms with Crippen LogP contribution in [0.25, 0.3) is 0 Å². The predicted octanol–water partition coefficient (Wildman–Crippen LogP) is 6.36. The van der Waals surface area contributed by atoms with Gasteiger partial charge in [0.1, 0.15) is 23.2 Å². The van der Waals surface area contributed by atoms with Crippen LogP contribution in [-0.4, -0.2) is 78.2 Å². The maximum absolute atomic E-state index is 13.3. The van der Waals surface area contributed by atoms with Crippen LogP contribution in [0, 0.1) is 18.7 Å². The summed E-state index contributed by atoms with van der Waals surface area (Å²) in [6.45, 7) is 8.46. The summed E-state index contributed by atoms with van der Waals surface area (Å²) in [5, 5.41) is 10.8. The van der Waals surface area contributed by atoms with Gasteiger partial charge in [0.05, 0.1) is 4.90 Å². The first-order valence-corrected chi connectivity index (χ1v) is 17.1. The van der Waals surface area contributed by atoms with Crippen molar-refractivity contribution < 1.29 is 32.0 Å². The summed E-state index contributed by atoms with van der Waals surface area (Å²) in [5.41, 5.74) is 0.926. The smallest absolute Gasteiger partial charge is 0.324 e. The fourth-order valence-corrected chi connectivity index (χ4v) is 6.75. The first kappa shape index (κ1) is 34.8. The minimum atomic E-state index is -4.00. The Hall–Kier alpha value is -3.02. The van der Waals surface area contributed by atoms with Gasteiger partial charge in [-0.3, -0.25) is 14.2 Å². The van der Waals surface area contributed by atoms with Gasteiger partial charge in [0.2, 0.25) is 0 Å². The van der Waals surface area contributed by atoms with Gasteiger partial charge in [-0.05, 0) is 112 Å². The first-order valence-electron chi connectivity index (χ1n) is 15.2. The molecule has 2 heterocycles. The molecule has 2 aliphatic rings. The quantitative estimate of drug-likeness (QED) is 0.255. The molecule has 244 valence electrons. The highest BCUT2D eigenvalue weighted by Gasteiger charge is 2.41. The molecule has 0 bridgehead atoms. The van der Waals surface area contributed by atoms with Gasteiger partial charge in [-0.25, -0.2) is 4.39 Å². The molecule has 45 heavy (non-hydrogen) atoms. The summed E-state index contributed by atoms with van der Waals surface area (Å²) >= 11 is 6.06. The van der Waals surface area contributed by atoms with Crippen molar-refractivity contribution in [2.45, 2.75) is 62.5 Å². The second kappa shape index (κ2) is 15.5. The topological polar surface area (TPSA) is 107 Å². The Balaban J connectivity index is 0.000000392. The van der Waals surface area contributed by atoms with Crippen LogP contribution in [0.5, 0.6) is 5.75 Å². The zero-order chi connectivity index (χ0) is 32.6. The van der Waals surface area contributed by atoms with Crippen molar-refractivity contribution in [2.75, 3.05) is 32.7 Å². The van der Waals surface area contributed by atoms with Crippen molar-refractivity contribution in [1.82, 2.24) is 9.80 Å². The highest BCUT2D eigenvalue weighted by atomic mass is 35.5. The fourth-order valence-electron chi connectivity index (χ4n) is 6.02. The third-order valence-electron chi connectivity index (χ3n) is 8.76. The van der Waals surface area contributed by atoms with Gasteiger partial charge in [0, 0.05) is 31.1 Å². The summed E-state index contributed by atoms with van der Waals surface area (Å²) < 4.78 is 48.8. The van der Waals surface area contributed by atoms with E-state index in [1.54, 1.807) is 37.3 Å². The summed E-state index contributed by atoms with van der Waals surface area (Å²) in [6.07, 6.45) is 4.61. The van der Waals surface area contributed by atoms with Crippen LogP contribution in [-0.2, 0) is 21.3 Å². The van der Waals surface area contributed by atoms with Crippen molar-refractivity contribution in [3.63, 3.8) is 0 Å². The summed E-state index contributed by atoms with van der Waals surface area (Å²) in [7, 11) is -4.00. The Labute approximate surface area is 270 Å². The molecule has 2 N–H and O–H groups in total. The lowest BCUT2D eigenvalue weighted by molar-refractivity contribution is -0.151. The number of aliphatic carboxylic acids is 1. The van der Waals surface area contributed by atoms with Crippen LogP contribution in [0.2, 0.25) is 5.02 Å². The van der Waals surface area contributed by atoms with Gasteiger partial charge in [-0.15, -0.1) is 0 Å². The summed E-state index contributed by atoms with van der Waals surface area (Å²) in [5.74, 6) is 0.369. The van der Waals surface area contributed by atoms with E-state index in [1.807, 2.05) is 25.1 Å². The molecule has 3 aromatic rings. The van der Waals surface area contributed by atoms with Crippen molar-refractivity contribution >= 4 is 27.7 Å². The van der Waals surface area contributed by atoms with E-state index in [0.29, 0.717) is 12.3 Å². The SMILES string of the molecule is Cc1cc(Cl)ccc1OC1CCN(CC2CCN([C@@](C)(Cc3ccc(F)cc3)C(=O)O)CC2)CC1.O=S(=O)(O)c1ccccc1. The molecular formula is C34H42ClFN2O6S. The van der Waals surface area contributed by atoms with E-state index in [1.165, 1.54) is 24.3 Å². The van der Waals surface area contributed by atoms with Crippen molar-refractivity contribution in [1.29, 1.82) is 0 Å². The van der Waals surface area contributed by atoms with E-state index in [-0.39, 0.29) is 16.8 Å². The van der Waals surface area contributed by atoms with Gasteiger partial charge < -0.3 is 14.7 Å². The number of ether oxygens (including phenoxy) is 1. The molecule has 0 saturated carbocycles. The molecule has 5 rings (SSSR count). The summed E-state index contributed by atoms with van der Waals surface area (Å²) in [6, 6.07) is 19.4. The molecule has 3 aromatic carbocycles. The van der Waals surface area contributed by atoms with Crippen molar-refractivity contribution in [2.24, 2.45) is 5.92 Å². The van der Waals surface area contributed by atoms with E-state index in [0.717, 1.165) is 80.3 Å². The van der Waals surface area contributed by atoms with Crippen LogP contribution in [0.1, 0.15) is 43.7 Å². The van der Waals surface area contributed by atoms with Crippen LogP contribution in [0.4, 0.5) is 4.39 Å². The number of aryl methyl sites for hydroxylation is 1. The number of piperidine rings is 2. The average molecular weight is 661 g/mol. The highest BCUT2D eigenvalue weighted by molar-refractivity contribution is 7.85. The molecule has 0 aromatic heterocycles. The Morgan fingerprint density at radius 1 is 0.978 bits per heavy atom. The molecule has 0 spiro atoms. The third kappa shape index (κ3) is 9.98. The van der Waals surface area contributed by atoms with Gasteiger partial charge in [0.15, 0.2) is 0 Å². The molecule has 0 radical (unpaired) electrons. The molecule has 2 aliphatic heterocycles. The Morgan fingerprint density at radius 2 is 1.60 bits per heavy atom. The molecule has 0 amide bonds. The number of carboxylic acids is 1. The third-order valence-corrected chi connectivity index (χ3v) is 9.86. The Bertz CT molecular complexity index is 1510. The average Bonchev–Trinajstić information content (AvgIpc) is 3.01. The number of nitrogens with zero attached hydrogens (tertiary/aromatic N) is 2. The van der Waals surface area contributed by atoms with E-state index < -0.39 is 21.6 Å². The molecular weight excluding hydrogens is 619 g/mol. The molecule has 1 atom stereocenters. The lowest BCUT2D eigenvalue weighted by Gasteiger charge is -2.43. The number of halogens is 2. The van der Waals surface area contributed by atoms with Gasteiger partial charge in [-0.1, -0.05) is 41.9 Å². The van der Waals surface area contributed by atoms with E-state index in [2.05, 4.69) is 9.80 Å². The van der Waals surface area contributed by atoms with Gasteiger partial charge in [-0.2, -0.15) is 8.42 Å². The largest absolute Gasteiger partial charge is 0.490 e. The number of likely N-dealkylation sites (tertiary alicyclic amines) is 2. The monoisotopic (exact) mass is 660 g/mol. The number of rotatable bonds is 9. The minimum Gasteiger partial charge on any atom is -0.490 e. The Morgan fingerprint density at radius 3 is 2.13 bits per heavy atom. The highest BCUT2D eigenvalue weighted by Crippen LogP contribution is 2.30. The Kier molecular flexibility index (Phi) is 12.0. The van der Waals surface area contributed by atoms with E-state index in [4.69, 9.17) is 20.9 Å². The number of carbonyl (C=O) groups is 1. The second-order valence-electron chi connectivity index (χ2n) is 12.1. The lowest BCUT2D eigenvalue weighted by Crippen LogP contribution is -2.57. The van der Waals surface area contributed by atoms with Gasteiger partial charge >= 0.3 is 5.97 Å². The van der Waals surface area contributed by atoms with Crippen LogP contribution in [0.3, 0.4) is 0 Å². The summed E-state index contributed by atoms with van der Waals surface area (Å²) in [4.78, 5) is 16.8. The zero-order valence-electron chi connectivity index (χ0n) is 25.7. The van der Waals surface area contributed by atoms with Crippen LogP contribution in [0.15, 0.2) is 77.7 Å². The van der Waals surface area contributed by atoms with Crippen molar-refractivity contribution in [3.8, 4) is 5.75 Å². The first-order chi connectivity index (χ1) is 21.3. The molecule has 0 aliphatic carbocycles. The van der Waals surface area contributed by atoms with Crippen LogP contribution >= 0.6 is 11.6 Å². The molecule has 11 heteroatoms. The number of hydrogen-bond acceptors (Lipinski definition) is 6. The normalized spacial score (nSPS) is 18.4. The molecule has 8 nitrogen and oxygen atoms in total. The zero-order valence-corrected chi connectivity index (χ0v) is 27.3. The number of carboxylic acid groups (broad SMARTS) is 1. The maximum Gasteiger partial charge on any atom is 0.324 e. The van der Waals surface area contributed by atoms with Gasteiger partial charge in [0.25, 0.3) is 10.1 Å². The molecule has 0 unspecified atom stereocenters. The second-order valence-corrected chi connectivity index (χ2v) is 14.0. The lowest BCUT2D eigenvalue weighted by atomic mass is 9.86. The fraction of sp³-hybridized carbons (Fsp3) is 0.441. The standard InChI is InChI=1S/C28H36ClFN2O3.C6H6O3S/c1-20-17-23(29)5-8-26(20)35-25-11-13-31(14-12-25)19-22-9-15-32(16-10-22)28(2,27(33)34)18-21-3-6-24(30)7-4-21;7-10(8,9)6-4-2-1-3-5-6/h3-8,17,22,25H,9-16,18-19H2,1-2H3,(H,33,34);1-5H,(H,7,8,9)/t28-;/m0./s1. The number of hydrogen-bond donors (Lipinski definition) is 2. The number of benzene rings is 3. The van der Waals surface area contributed by atoms with Crippen molar-refractivity contribution in [3.05, 3.63) is 94.8 Å². The molecule has 2 saturated heterocycles. The minimum absolute atomic E-state index is 0.0741. The molecule has 2 fully saturated rings. The maximum atomic E-state index is 13.3. The van der Waals surface area contributed by atoms with E-state index >= 15 is 0 Å². The van der Waals surface area contributed by atoms with E-state index in [9.17, 15) is 22.7 Å². The van der Waals surface area contributed by atoms with Crippen LogP contribution < -0.4 is 4.74 Å².